The monoisotopic (exact) mass is 1300 g/mol. The lowest BCUT2D eigenvalue weighted by atomic mass is 9.75. The highest BCUT2D eigenvalue weighted by molar-refractivity contribution is 7.99. The van der Waals surface area contributed by atoms with Crippen LogP contribution in [0.5, 0.6) is 11.5 Å². The minimum absolute atomic E-state index is 0.00256. The van der Waals surface area contributed by atoms with Gasteiger partial charge >= 0.3 is 23.9 Å². The molecule has 4 aliphatic heterocycles. The Morgan fingerprint density at radius 1 is 0.591 bits per heavy atom. The van der Waals surface area contributed by atoms with Crippen LogP contribution in [0.3, 0.4) is 0 Å². The second kappa shape index (κ2) is 27.8. The molecule has 1 aliphatic carbocycles. The van der Waals surface area contributed by atoms with Crippen LogP contribution in [-0.2, 0) is 58.9 Å². The van der Waals surface area contributed by atoms with Crippen molar-refractivity contribution in [2.45, 2.75) is 66.4 Å². The number of aldehydes is 1. The van der Waals surface area contributed by atoms with Gasteiger partial charge in [-0.1, -0.05) is 60.7 Å². The van der Waals surface area contributed by atoms with Crippen molar-refractivity contribution in [3.63, 3.8) is 0 Å². The Morgan fingerprint density at radius 3 is 1.53 bits per heavy atom. The first-order chi connectivity index (χ1) is 44.9. The molecule has 482 valence electrons. The number of likely N-dealkylation sites (tertiary alicyclic amines) is 2. The fraction of sp³-hybridized carbons (Fsp3) is 0.338. The van der Waals surface area contributed by atoms with E-state index in [2.05, 4.69) is 10.6 Å². The molecule has 0 spiro atoms. The second-order valence-electron chi connectivity index (χ2n) is 22.8. The van der Waals surface area contributed by atoms with E-state index in [0.717, 1.165) is 9.80 Å². The lowest BCUT2D eigenvalue weighted by molar-refractivity contribution is -0.147. The number of carbonyl (C=O) groups excluding carboxylic acids is 11. The van der Waals surface area contributed by atoms with Gasteiger partial charge in [0.1, 0.15) is 24.7 Å². The molecule has 25 heteroatoms. The number of hydrogen-bond donors (Lipinski definition) is 3. The number of rotatable bonds is 25. The lowest BCUT2D eigenvalue weighted by Crippen LogP contribution is -2.51. The summed E-state index contributed by atoms with van der Waals surface area (Å²) in [5, 5.41) is 20.7. The minimum atomic E-state index is -1.62. The van der Waals surface area contributed by atoms with E-state index in [1.807, 2.05) is 6.07 Å². The fourth-order valence-electron chi connectivity index (χ4n) is 12.9. The standard InChI is InChI=1S/C68H64N4O19S2/c1-34-10-6-14-48(47(34)31-73)89-32-38(29-69-54(74)20-22-92-52-16-8-11-35-24-42(65(81)85-2)44(27-40(35)52)67(83)87-4)71-61(77)46-26-37-13-7-15-49(56(37)60(76)57(46)62(71)78)90-33-39(72-63(79)58-50-18-19-51(91-50)59(58)64(72)80)30-70-55(75)21-23-93-53-17-9-12-36-25-43(66(82)86-3)45(28-41(36)53)68(84)88-5/h6-19,24-25,27-28,31,38-39,46,50-51,57-60,76H,20-23,26,29-30,32-33H2,1-5H3,(H,69,74)(H,70,75)/t38?,39?,46?,50-,51+,57?,58-,59+,60?. The van der Waals surface area contributed by atoms with Crippen molar-refractivity contribution in [2.75, 3.05) is 66.2 Å². The molecule has 4 heterocycles. The molecule has 93 heavy (non-hydrogen) atoms. The number of methoxy groups -OCH3 is 4. The summed E-state index contributed by atoms with van der Waals surface area (Å²) < 4.78 is 38.3. The number of imide groups is 2. The maximum atomic E-state index is 14.9. The molecule has 3 saturated heterocycles. The Balaban J connectivity index is 0.786. The molecule has 0 aromatic heterocycles. The van der Waals surface area contributed by atoms with Gasteiger partial charge in [0.15, 0.2) is 6.29 Å². The average Bonchev–Trinajstić information content (AvgIpc) is 1.59. The highest BCUT2D eigenvalue weighted by Crippen LogP contribution is 2.49. The van der Waals surface area contributed by atoms with Gasteiger partial charge in [-0.3, -0.25) is 43.4 Å². The molecule has 3 fully saturated rings. The van der Waals surface area contributed by atoms with E-state index < -0.39 is 113 Å². The summed E-state index contributed by atoms with van der Waals surface area (Å²) in [7, 11) is 4.81. The van der Waals surface area contributed by atoms with E-state index in [1.54, 1.807) is 91.9 Å². The van der Waals surface area contributed by atoms with Crippen molar-refractivity contribution in [1.82, 2.24) is 20.4 Å². The number of benzene rings is 6. The predicted molar refractivity (Wildman–Crippen MR) is 336 cm³/mol. The molecule has 6 amide bonds. The van der Waals surface area contributed by atoms with Crippen LogP contribution in [-0.4, -0.2) is 171 Å². The van der Waals surface area contributed by atoms with E-state index in [0.29, 0.717) is 48.7 Å². The van der Waals surface area contributed by atoms with Crippen LogP contribution >= 0.6 is 23.5 Å². The van der Waals surface area contributed by atoms with Crippen molar-refractivity contribution >= 4 is 111 Å². The first-order valence-corrected chi connectivity index (χ1v) is 31.8. The molecule has 11 rings (SSSR count). The van der Waals surface area contributed by atoms with E-state index in [9.17, 15) is 57.8 Å². The van der Waals surface area contributed by atoms with Gasteiger partial charge in [0.2, 0.25) is 35.4 Å². The summed E-state index contributed by atoms with van der Waals surface area (Å²) >= 11 is 2.64. The number of hydrogen-bond acceptors (Lipinski definition) is 21. The Bertz CT molecular complexity index is 4090. The molecule has 5 aliphatic rings. The van der Waals surface area contributed by atoms with Crippen LogP contribution in [0.2, 0.25) is 0 Å². The third-order valence-corrected chi connectivity index (χ3v) is 19.7. The quantitative estimate of drug-likeness (QED) is 0.0144. The highest BCUT2D eigenvalue weighted by atomic mass is 32.2. The van der Waals surface area contributed by atoms with Crippen LogP contribution < -0.4 is 20.1 Å². The summed E-state index contributed by atoms with van der Waals surface area (Å²) in [5.41, 5.74) is 1.60. The predicted octanol–water partition coefficient (Wildman–Crippen LogP) is 6.18. The number of carbonyl (C=O) groups is 11. The molecule has 3 N–H and O–H groups in total. The Labute approximate surface area is 541 Å². The van der Waals surface area contributed by atoms with Gasteiger partial charge in [0.05, 0.1) is 110 Å². The van der Waals surface area contributed by atoms with E-state index in [-0.39, 0.29) is 102 Å². The van der Waals surface area contributed by atoms with Gasteiger partial charge in [0, 0.05) is 52.8 Å². The zero-order valence-corrected chi connectivity index (χ0v) is 52.7. The van der Waals surface area contributed by atoms with Crippen molar-refractivity contribution in [3.8, 4) is 11.5 Å². The van der Waals surface area contributed by atoms with Crippen molar-refractivity contribution < 1.29 is 91.0 Å². The minimum Gasteiger partial charge on any atom is -0.491 e. The van der Waals surface area contributed by atoms with Gasteiger partial charge in [-0.05, 0) is 94.5 Å². The topological polar surface area (TPSA) is 303 Å². The molecule has 0 radical (unpaired) electrons. The molecule has 9 atom stereocenters. The molecular weight excluding hydrogens is 1240 g/mol. The van der Waals surface area contributed by atoms with E-state index in [1.165, 1.54) is 70.2 Å². The van der Waals surface area contributed by atoms with Crippen LogP contribution in [0.15, 0.2) is 119 Å². The number of aryl methyl sites for hydroxylation is 1. The average molecular weight is 1310 g/mol. The maximum Gasteiger partial charge on any atom is 0.338 e. The first kappa shape index (κ1) is 65.1. The second-order valence-corrected chi connectivity index (χ2v) is 25.0. The van der Waals surface area contributed by atoms with Crippen LogP contribution in [0, 0.1) is 30.6 Å². The van der Waals surface area contributed by atoms with Gasteiger partial charge < -0.3 is 48.9 Å². The van der Waals surface area contributed by atoms with Crippen molar-refractivity contribution in [2.24, 2.45) is 23.7 Å². The SMILES string of the molecule is COC(=O)c1cc2cccc(SCCC(=O)NCC(COc3cccc(C)c3C=O)N3C(=O)C4Cc5cccc(OCC(CNC(=O)CCSc6cccc7cc(C(=O)OC)c(C(=O)OC)cc67)N6C(=O)[C@@H]7[C@H](C6=O)[C@H]6C=C[C@@H]7O6)c5C(O)C4C3=O)c2cc1C(=O)OC. The number of aliphatic hydroxyl groups is 1. The molecular formula is C68H64N4O19S2. The fourth-order valence-corrected chi connectivity index (χ4v) is 14.9. The number of esters is 4. The number of nitrogens with zero attached hydrogens (tertiary/aromatic N) is 2. The summed E-state index contributed by atoms with van der Waals surface area (Å²) in [4.78, 5) is 152. The van der Waals surface area contributed by atoms with Gasteiger partial charge in [-0.15, -0.1) is 23.5 Å². The van der Waals surface area contributed by atoms with Crippen molar-refractivity contribution in [1.29, 1.82) is 0 Å². The first-order valence-electron chi connectivity index (χ1n) is 29.8. The third-order valence-electron chi connectivity index (χ3n) is 17.5. The molecule has 6 aromatic carbocycles. The van der Waals surface area contributed by atoms with Gasteiger partial charge in [-0.25, -0.2) is 19.2 Å². The number of nitrogens with one attached hydrogen (secondary N) is 2. The zero-order chi connectivity index (χ0) is 65.9. The number of amides is 6. The number of aliphatic hydroxyl groups excluding tert-OH is 1. The van der Waals surface area contributed by atoms with Crippen LogP contribution in [0.1, 0.15) is 87.4 Å². The van der Waals surface area contributed by atoms with E-state index in [4.69, 9.17) is 33.2 Å². The van der Waals surface area contributed by atoms with Crippen LogP contribution in [0.25, 0.3) is 21.5 Å². The zero-order valence-electron chi connectivity index (χ0n) is 51.0. The smallest absolute Gasteiger partial charge is 0.338 e. The summed E-state index contributed by atoms with van der Waals surface area (Å²) in [6.45, 7) is 0.471. The molecule has 0 saturated carbocycles. The number of ether oxygens (including phenoxy) is 7. The summed E-state index contributed by atoms with van der Waals surface area (Å²) in [5.74, 6) is -9.38. The third kappa shape index (κ3) is 12.7. The summed E-state index contributed by atoms with van der Waals surface area (Å²) in [6, 6.07) is 24.5. The molecule has 23 nitrogen and oxygen atoms in total. The Morgan fingerprint density at radius 2 is 1.03 bits per heavy atom. The summed E-state index contributed by atoms with van der Waals surface area (Å²) in [6.07, 6.45) is 1.20. The lowest BCUT2D eigenvalue weighted by Gasteiger charge is -2.32. The Hall–Kier alpha value is -9.43. The van der Waals surface area contributed by atoms with E-state index >= 15 is 0 Å². The molecule has 5 unspecified atom stereocenters. The Kier molecular flexibility index (Phi) is 19.5. The highest BCUT2D eigenvalue weighted by Gasteiger charge is 2.62. The number of thioether (sulfide) groups is 2. The molecule has 2 bridgehead atoms. The number of fused-ring (bicyclic) bond motifs is 9. The molecule has 6 aromatic rings. The maximum absolute atomic E-state index is 14.9. The van der Waals surface area contributed by atoms with Crippen molar-refractivity contribution in [3.05, 3.63) is 154 Å². The van der Waals surface area contributed by atoms with Gasteiger partial charge in [0.25, 0.3) is 0 Å². The van der Waals surface area contributed by atoms with Gasteiger partial charge in [-0.2, -0.15) is 0 Å². The normalized spacial score (nSPS) is 20.6. The largest absolute Gasteiger partial charge is 0.491 e. The van der Waals surface area contributed by atoms with Crippen LogP contribution in [0.4, 0.5) is 0 Å².